The van der Waals surface area contributed by atoms with E-state index in [1.165, 1.54) is 11.3 Å². The first kappa shape index (κ1) is 9.30. The molecule has 1 heterocycles. The van der Waals surface area contributed by atoms with Crippen LogP contribution in [0.5, 0.6) is 5.06 Å². The van der Waals surface area contributed by atoms with Gasteiger partial charge in [-0.2, -0.15) is 0 Å². The number of thiophene rings is 1. The molecule has 0 aliphatic rings. The lowest BCUT2D eigenvalue weighted by molar-refractivity contribution is 0.283. The summed E-state index contributed by atoms with van der Waals surface area (Å²) in [5.74, 6) is 0. The summed E-state index contributed by atoms with van der Waals surface area (Å²) in [6.45, 7) is 0.00142. The van der Waals surface area contributed by atoms with Gasteiger partial charge in [-0.1, -0.05) is 11.3 Å². The highest BCUT2D eigenvalue weighted by Crippen LogP contribution is 2.35. The van der Waals surface area contributed by atoms with Crippen LogP contribution in [0.3, 0.4) is 0 Å². The molecule has 74 valence electrons. The van der Waals surface area contributed by atoms with E-state index in [2.05, 4.69) is 0 Å². The Labute approximate surface area is 85.7 Å². The topological polar surface area (TPSA) is 55.5 Å². The van der Waals surface area contributed by atoms with Crippen molar-refractivity contribution < 1.29 is 9.84 Å². The minimum Gasteiger partial charge on any atom is -0.487 e. The average molecular weight is 209 g/mol. The third-order valence-corrected chi connectivity index (χ3v) is 3.14. The lowest BCUT2D eigenvalue weighted by Gasteiger charge is -2.00. The second kappa shape index (κ2) is 3.48. The number of rotatable bonds is 2. The summed E-state index contributed by atoms with van der Waals surface area (Å²) < 4.78 is 6.18. The maximum atomic E-state index is 9.15. The Morgan fingerprint density at radius 1 is 1.43 bits per heavy atom. The Morgan fingerprint density at radius 2 is 2.21 bits per heavy atom. The fourth-order valence-corrected chi connectivity index (χ4v) is 2.42. The van der Waals surface area contributed by atoms with E-state index in [1.54, 1.807) is 13.2 Å². The largest absolute Gasteiger partial charge is 0.487 e. The molecule has 1 aromatic carbocycles. The molecule has 0 atom stereocenters. The molecule has 0 unspecified atom stereocenters. The molecule has 3 N–H and O–H groups in total. The predicted octanol–water partition coefficient (Wildman–Crippen LogP) is 1.98. The van der Waals surface area contributed by atoms with Crippen LogP contribution in [0, 0.1) is 0 Å². The van der Waals surface area contributed by atoms with Crippen molar-refractivity contribution in [1.82, 2.24) is 0 Å². The van der Waals surface area contributed by atoms with Gasteiger partial charge in [-0.05, 0) is 23.8 Å². The molecule has 0 radical (unpaired) electrons. The molecule has 0 bridgehead atoms. The van der Waals surface area contributed by atoms with Gasteiger partial charge < -0.3 is 15.6 Å². The summed E-state index contributed by atoms with van der Waals surface area (Å²) in [6, 6.07) is 5.60. The Hall–Kier alpha value is -1.26. The van der Waals surface area contributed by atoms with Crippen LogP contribution < -0.4 is 10.5 Å². The highest BCUT2D eigenvalue weighted by Gasteiger charge is 2.07. The standard InChI is InChI=1S/C10H11NO2S/c1-13-10-4-8-6(5-12)2-7(11)3-9(8)14-10/h2-4,12H,5,11H2,1H3. The number of nitrogen functional groups attached to an aromatic ring is 1. The summed E-state index contributed by atoms with van der Waals surface area (Å²) in [6.07, 6.45) is 0. The molecular formula is C10H11NO2S. The van der Waals surface area contributed by atoms with Crippen molar-refractivity contribution in [3.8, 4) is 5.06 Å². The maximum Gasteiger partial charge on any atom is 0.174 e. The molecule has 4 heteroatoms. The first-order valence-electron chi connectivity index (χ1n) is 4.21. The van der Waals surface area contributed by atoms with E-state index in [0.717, 1.165) is 20.7 Å². The van der Waals surface area contributed by atoms with E-state index in [4.69, 9.17) is 15.6 Å². The van der Waals surface area contributed by atoms with Gasteiger partial charge in [0.15, 0.2) is 5.06 Å². The number of ether oxygens (including phenoxy) is 1. The SMILES string of the molecule is COc1cc2c(CO)cc(N)cc2s1. The van der Waals surface area contributed by atoms with Gasteiger partial charge >= 0.3 is 0 Å². The van der Waals surface area contributed by atoms with E-state index in [9.17, 15) is 0 Å². The summed E-state index contributed by atoms with van der Waals surface area (Å²) >= 11 is 1.53. The molecular weight excluding hydrogens is 198 g/mol. The number of nitrogens with two attached hydrogens (primary N) is 1. The van der Waals surface area contributed by atoms with Gasteiger partial charge in [0.25, 0.3) is 0 Å². The van der Waals surface area contributed by atoms with Crippen LogP contribution in [-0.2, 0) is 6.61 Å². The van der Waals surface area contributed by atoms with Crippen LogP contribution >= 0.6 is 11.3 Å². The number of benzene rings is 1. The Kier molecular flexibility index (Phi) is 2.31. The molecule has 3 nitrogen and oxygen atoms in total. The number of aliphatic hydroxyl groups is 1. The fraction of sp³-hybridized carbons (Fsp3) is 0.200. The van der Waals surface area contributed by atoms with Gasteiger partial charge in [-0.3, -0.25) is 0 Å². The molecule has 0 amide bonds. The number of fused-ring (bicyclic) bond motifs is 1. The van der Waals surface area contributed by atoms with Crippen molar-refractivity contribution in [1.29, 1.82) is 0 Å². The van der Waals surface area contributed by atoms with Gasteiger partial charge in [0, 0.05) is 15.8 Å². The second-order valence-corrected chi connectivity index (χ2v) is 4.07. The Balaban J connectivity index is 2.71. The maximum absolute atomic E-state index is 9.15. The molecule has 2 aromatic rings. The van der Waals surface area contributed by atoms with Crippen molar-refractivity contribution in [2.24, 2.45) is 0 Å². The van der Waals surface area contributed by atoms with Gasteiger partial charge in [-0.15, -0.1) is 0 Å². The van der Waals surface area contributed by atoms with Gasteiger partial charge in [0.05, 0.1) is 13.7 Å². The Bertz CT molecular complexity index is 464. The molecule has 0 saturated carbocycles. The molecule has 0 fully saturated rings. The molecule has 14 heavy (non-hydrogen) atoms. The lowest BCUT2D eigenvalue weighted by atomic mass is 10.1. The van der Waals surface area contributed by atoms with Crippen LogP contribution in [0.4, 0.5) is 5.69 Å². The number of anilines is 1. The van der Waals surface area contributed by atoms with Gasteiger partial charge in [0.2, 0.25) is 0 Å². The summed E-state index contributed by atoms with van der Waals surface area (Å²) in [5, 5.41) is 11.0. The number of hydrogen-bond donors (Lipinski definition) is 2. The first-order valence-corrected chi connectivity index (χ1v) is 5.03. The number of hydrogen-bond acceptors (Lipinski definition) is 4. The van der Waals surface area contributed by atoms with Crippen molar-refractivity contribution in [3.05, 3.63) is 23.8 Å². The summed E-state index contributed by atoms with van der Waals surface area (Å²) in [4.78, 5) is 0. The molecule has 0 aliphatic carbocycles. The first-order chi connectivity index (χ1) is 6.74. The van der Waals surface area contributed by atoms with Crippen LogP contribution in [0.1, 0.15) is 5.56 Å². The van der Waals surface area contributed by atoms with E-state index >= 15 is 0 Å². The number of aliphatic hydroxyl groups excluding tert-OH is 1. The highest BCUT2D eigenvalue weighted by atomic mass is 32.1. The van der Waals surface area contributed by atoms with Gasteiger partial charge in [-0.25, -0.2) is 0 Å². The van der Waals surface area contributed by atoms with Crippen LogP contribution in [-0.4, -0.2) is 12.2 Å². The molecule has 2 rings (SSSR count). The molecule has 0 aliphatic heterocycles. The lowest BCUT2D eigenvalue weighted by Crippen LogP contribution is -1.89. The van der Waals surface area contributed by atoms with Crippen molar-refractivity contribution >= 4 is 27.1 Å². The smallest absolute Gasteiger partial charge is 0.174 e. The third-order valence-electron chi connectivity index (χ3n) is 2.09. The second-order valence-electron chi connectivity index (χ2n) is 3.02. The minimum absolute atomic E-state index is 0.00142. The van der Waals surface area contributed by atoms with E-state index in [-0.39, 0.29) is 6.61 Å². The van der Waals surface area contributed by atoms with Crippen LogP contribution in [0.2, 0.25) is 0 Å². The highest BCUT2D eigenvalue weighted by molar-refractivity contribution is 7.20. The monoisotopic (exact) mass is 209 g/mol. The summed E-state index contributed by atoms with van der Waals surface area (Å²) in [5.41, 5.74) is 7.22. The van der Waals surface area contributed by atoms with Crippen molar-refractivity contribution in [2.75, 3.05) is 12.8 Å². The summed E-state index contributed by atoms with van der Waals surface area (Å²) in [7, 11) is 1.63. The third kappa shape index (κ3) is 1.42. The van der Waals surface area contributed by atoms with Gasteiger partial charge in [0.1, 0.15) is 0 Å². The van der Waals surface area contributed by atoms with Crippen LogP contribution in [0.25, 0.3) is 10.1 Å². The Morgan fingerprint density at radius 3 is 2.86 bits per heavy atom. The van der Waals surface area contributed by atoms with Crippen LogP contribution in [0.15, 0.2) is 18.2 Å². The minimum atomic E-state index is 0.00142. The zero-order valence-corrected chi connectivity index (χ0v) is 8.60. The van der Waals surface area contributed by atoms with E-state index in [1.807, 2.05) is 12.1 Å². The fourth-order valence-electron chi connectivity index (χ4n) is 1.44. The quantitative estimate of drug-likeness (QED) is 0.744. The average Bonchev–Trinajstić information content (AvgIpc) is 2.59. The van der Waals surface area contributed by atoms with E-state index in [0.29, 0.717) is 5.69 Å². The zero-order chi connectivity index (χ0) is 10.1. The predicted molar refractivity (Wildman–Crippen MR) is 58.7 cm³/mol. The zero-order valence-electron chi connectivity index (χ0n) is 7.78. The molecule has 0 saturated heterocycles. The van der Waals surface area contributed by atoms with Crippen molar-refractivity contribution in [3.63, 3.8) is 0 Å². The number of methoxy groups -OCH3 is 1. The van der Waals surface area contributed by atoms with Crippen molar-refractivity contribution in [2.45, 2.75) is 6.61 Å². The molecule has 1 aromatic heterocycles. The molecule has 0 spiro atoms. The van der Waals surface area contributed by atoms with E-state index < -0.39 is 0 Å². The normalized spacial score (nSPS) is 10.7.